The average molecular weight is 274 g/mol. The van der Waals surface area contributed by atoms with Gasteiger partial charge in [0.25, 0.3) is 6.43 Å². The standard InChI is InChI=1S/C14H12F2N4/c1-9-2-3-12-13(19-9)4-10(5-17-12)11-6-18-20(7-11)8-14(15)16/h2-7,14H,8H2,1H3. The van der Waals surface area contributed by atoms with E-state index < -0.39 is 13.0 Å². The molecule has 0 radical (unpaired) electrons. The Hall–Kier alpha value is -2.37. The summed E-state index contributed by atoms with van der Waals surface area (Å²) in [6.07, 6.45) is 2.43. The second-order valence-corrected chi connectivity index (χ2v) is 4.56. The van der Waals surface area contributed by atoms with Crippen molar-refractivity contribution in [3.63, 3.8) is 0 Å². The molecule has 0 spiro atoms. The van der Waals surface area contributed by atoms with Gasteiger partial charge in [0.15, 0.2) is 0 Å². The summed E-state index contributed by atoms with van der Waals surface area (Å²) in [4.78, 5) is 8.73. The number of nitrogens with zero attached hydrogens (tertiary/aromatic N) is 4. The lowest BCUT2D eigenvalue weighted by molar-refractivity contribution is 0.122. The number of hydrogen-bond donors (Lipinski definition) is 0. The molecule has 0 aliphatic carbocycles. The number of pyridine rings is 2. The van der Waals surface area contributed by atoms with Crippen LogP contribution in [0.2, 0.25) is 0 Å². The normalized spacial score (nSPS) is 11.4. The molecular weight excluding hydrogens is 262 g/mol. The maximum Gasteiger partial charge on any atom is 0.257 e. The van der Waals surface area contributed by atoms with Crippen LogP contribution in [0.15, 0.2) is 36.8 Å². The third kappa shape index (κ3) is 2.49. The predicted octanol–water partition coefficient (Wildman–Crippen LogP) is 3.07. The molecule has 0 aliphatic heterocycles. The van der Waals surface area contributed by atoms with Gasteiger partial charge in [-0.05, 0) is 25.1 Å². The van der Waals surface area contributed by atoms with E-state index in [0.717, 1.165) is 27.9 Å². The Morgan fingerprint density at radius 3 is 2.80 bits per heavy atom. The number of aryl methyl sites for hydroxylation is 1. The van der Waals surface area contributed by atoms with Crippen LogP contribution in [0.4, 0.5) is 8.78 Å². The molecule has 0 bridgehead atoms. The molecule has 3 rings (SSSR count). The molecule has 3 aromatic rings. The summed E-state index contributed by atoms with van der Waals surface area (Å²) in [6.45, 7) is 1.51. The Morgan fingerprint density at radius 2 is 2.00 bits per heavy atom. The molecule has 0 saturated carbocycles. The van der Waals surface area contributed by atoms with E-state index in [4.69, 9.17) is 0 Å². The summed E-state index contributed by atoms with van der Waals surface area (Å²) < 4.78 is 25.8. The molecule has 20 heavy (non-hydrogen) atoms. The lowest BCUT2D eigenvalue weighted by atomic mass is 10.1. The zero-order valence-electron chi connectivity index (χ0n) is 10.8. The van der Waals surface area contributed by atoms with Gasteiger partial charge < -0.3 is 0 Å². The van der Waals surface area contributed by atoms with E-state index in [1.807, 2.05) is 25.1 Å². The minimum Gasteiger partial charge on any atom is -0.266 e. The second kappa shape index (κ2) is 4.96. The van der Waals surface area contributed by atoms with Crippen LogP contribution in [0.3, 0.4) is 0 Å². The van der Waals surface area contributed by atoms with E-state index in [1.54, 1.807) is 18.6 Å². The zero-order chi connectivity index (χ0) is 14.1. The molecular formula is C14H12F2N4. The van der Waals surface area contributed by atoms with Crippen molar-refractivity contribution >= 4 is 11.0 Å². The first-order valence-corrected chi connectivity index (χ1v) is 6.16. The number of alkyl halides is 2. The predicted molar refractivity (Wildman–Crippen MR) is 71.5 cm³/mol. The fraction of sp³-hybridized carbons (Fsp3) is 0.214. The maximum absolute atomic E-state index is 12.3. The van der Waals surface area contributed by atoms with Gasteiger partial charge in [-0.2, -0.15) is 5.10 Å². The second-order valence-electron chi connectivity index (χ2n) is 4.56. The van der Waals surface area contributed by atoms with Crippen molar-refractivity contribution < 1.29 is 8.78 Å². The third-order valence-corrected chi connectivity index (χ3v) is 2.97. The van der Waals surface area contributed by atoms with E-state index in [2.05, 4.69) is 15.1 Å². The molecule has 4 nitrogen and oxygen atoms in total. The number of aromatic nitrogens is 4. The summed E-state index contributed by atoms with van der Waals surface area (Å²) >= 11 is 0. The van der Waals surface area contributed by atoms with Gasteiger partial charge in [-0.15, -0.1) is 0 Å². The van der Waals surface area contributed by atoms with Crippen LogP contribution in [0.1, 0.15) is 5.69 Å². The van der Waals surface area contributed by atoms with Crippen molar-refractivity contribution in [3.8, 4) is 11.1 Å². The molecule has 0 atom stereocenters. The summed E-state index contributed by atoms with van der Waals surface area (Å²) in [5, 5.41) is 3.92. The Labute approximate surface area is 114 Å². The minimum atomic E-state index is -2.42. The minimum absolute atomic E-state index is 0.404. The highest BCUT2D eigenvalue weighted by atomic mass is 19.3. The highest BCUT2D eigenvalue weighted by Crippen LogP contribution is 2.21. The topological polar surface area (TPSA) is 43.6 Å². The summed E-state index contributed by atoms with van der Waals surface area (Å²) in [5.74, 6) is 0. The number of fused-ring (bicyclic) bond motifs is 1. The first kappa shape index (κ1) is 12.7. The van der Waals surface area contributed by atoms with Crippen LogP contribution in [0, 0.1) is 6.92 Å². The molecule has 102 valence electrons. The van der Waals surface area contributed by atoms with E-state index in [9.17, 15) is 8.78 Å². The van der Waals surface area contributed by atoms with Crippen LogP contribution in [-0.4, -0.2) is 26.2 Å². The van der Waals surface area contributed by atoms with Crippen molar-refractivity contribution in [2.75, 3.05) is 0 Å². The Kier molecular flexibility index (Phi) is 3.14. The van der Waals surface area contributed by atoms with Crippen LogP contribution in [-0.2, 0) is 6.54 Å². The fourth-order valence-electron chi connectivity index (χ4n) is 2.02. The Balaban J connectivity index is 1.99. The van der Waals surface area contributed by atoms with Gasteiger partial charge >= 0.3 is 0 Å². The van der Waals surface area contributed by atoms with Crippen molar-refractivity contribution in [1.29, 1.82) is 0 Å². The Morgan fingerprint density at radius 1 is 1.15 bits per heavy atom. The molecule has 3 aromatic heterocycles. The average Bonchev–Trinajstić information content (AvgIpc) is 2.85. The van der Waals surface area contributed by atoms with Gasteiger partial charge in [0.1, 0.15) is 6.54 Å². The Bertz CT molecular complexity index is 752. The molecule has 0 fully saturated rings. The highest BCUT2D eigenvalue weighted by Gasteiger charge is 2.08. The number of hydrogen-bond acceptors (Lipinski definition) is 3. The largest absolute Gasteiger partial charge is 0.266 e. The fourth-order valence-corrected chi connectivity index (χ4v) is 2.02. The molecule has 6 heteroatoms. The molecule has 3 heterocycles. The lowest BCUT2D eigenvalue weighted by Crippen LogP contribution is -2.06. The van der Waals surface area contributed by atoms with Crippen molar-refractivity contribution in [2.24, 2.45) is 0 Å². The smallest absolute Gasteiger partial charge is 0.257 e. The zero-order valence-corrected chi connectivity index (χ0v) is 10.8. The van der Waals surface area contributed by atoms with Gasteiger partial charge in [0.05, 0.1) is 17.2 Å². The van der Waals surface area contributed by atoms with Crippen LogP contribution >= 0.6 is 0 Å². The van der Waals surface area contributed by atoms with E-state index >= 15 is 0 Å². The summed E-state index contributed by atoms with van der Waals surface area (Å²) in [5.41, 5.74) is 4.06. The highest BCUT2D eigenvalue weighted by molar-refractivity contribution is 5.79. The van der Waals surface area contributed by atoms with Crippen LogP contribution < -0.4 is 0 Å². The molecule has 0 aliphatic rings. The lowest BCUT2D eigenvalue weighted by Gasteiger charge is -2.01. The maximum atomic E-state index is 12.3. The van der Waals surface area contributed by atoms with Crippen LogP contribution in [0.25, 0.3) is 22.2 Å². The number of rotatable bonds is 3. The molecule has 0 saturated heterocycles. The van der Waals surface area contributed by atoms with Gasteiger partial charge in [-0.3, -0.25) is 14.6 Å². The summed E-state index contributed by atoms with van der Waals surface area (Å²) in [7, 11) is 0. The van der Waals surface area contributed by atoms with Gasteiger partial charge in [0.2, 0.25) is 0 Å². The molecule has 0 aromatic carbocycles. The van der Waals surface area contributed by atoms with Crippen molar-refractivity contribution in [3.05, 3.63) is 42.5 Å². The first-order chi connectivity index (χ1) is 9.61. The SMILES string of the molecule is Cc1ccc2ncc(-c3cnn(CC(F)F)c3)cc2n1. The molecule has 0 amide bonds. The quantitative estimate of drug-likeness (QED) is 0.737. The van der Waals surface area contributed by atoms with Gasteiger partial charge in [-0.25, -0.2) is 8.78 Å². The van der Waals surface area contributed by atoms with Crippen molar-refractivity contribution in [1.82, 2.24) is 19.7 Å². The van der Waals surface area contributed by atoms with E-state index in [-0.39, 0.29) is 0 Å². The number of halogens is 2. The van der Waals surface area contributed by atoms with E-state index in [1.165, 1.54) is 4.68 Å². The monoisotopic (exact) mass is 274 g/mol. The molecule has 0 N–H and O–H groups in total. The third-order valence-electron chi connectivity index (χ3n) is 2.97. The van der Waals surface area contributed by atoms with E-state index in [0.29, 0.717) is 0 Å². The van der Waals surface area contributed by atoms with Crippen molar-refractivity contribution in [2.45, 2.75) is 19.9 Å². The summed E-state index contributed by atoms with van der Waals surface area (Å²) in [6, 6.07) is 5.69. The first-order valence-electron chi connectivity index (χ1n) is 6.16. The van der Waals surface area contributed by atoms with Gasteiger partial charge in [0, 0.05) is 29.2 Å². The molecule has 0 unspecified atom stereocenters. The van der Waals surface area contributed by atoms with Crippen LogP contribution in [0.5, 0.6) is 0 Å². The van der Waals surface area contributed by atoms with Gasteiger partial charge in [-0.1, -0.05) is 0 Å².